The van der Waals surface area contributed by atoms with Gasteiger partial charge >= 0.3 is 6.18 Å². The van der Waals surface area contributed by atoms with Gasteiger partial charge < -0.3 is 10.6 Å². The predicted octanol–water partition coefficient (Wildman–Crippen LogP) is 2.24. The van der Waals surface area contributed by atoms with Gasteiger partial charge in [0.05, 0.1) is 11.7 Å². The van der Waals surface area contributed by atoms with Gasteiger partial charge in [0.2, 0.25) is 5.91 Å². The molecule has 0 radical (unpaired) electrons. The third-order valence-corrected chi connectivity index (χ3v) is 4.27. The van der Waals surface area contributed by atoms with E-state index in [0.717, 1.165) is 30.6 Å². The van der Waals surface area contributed by atoms with Crippen molar-refractivity contribution in [3.63, 3.8) is 0 Å². The van der Waals surface area contributed by atoms with Crippen molar-refractivity contribution in [3.05, 3.63) is 17.0 Å². The van der Waals surface area contributed by atoms with Crippen molar-refractivity contribution in [1.82, 2.24) is 20.4 Å². The number of carbonyl (C=O) groups excluding carboxylic acids is 1. The molecule has 1 saturated heterocycles. The number of amides is 1. The molecule has 1 fully saturated rings. The van der Waals surface area contributed by atoms with Crippen LogP contribution in [0.15, 0.2) is 0 Å². The van der Waals surface area contributed by atoms with Gasteiger partial charge in [-0.2, -0.15) is 18.3 Å². The van der Waals surface area contributed by atoms with E-state index in [1.54, 1.807) is 20.8 Å². The molecule has 0 aliphatic carbocycles. The minimum atomic E-state index is -4.32. The van der Waals surface area contributed by atoms with Gasteiger partial charge in [0.15, 0.2) is 0 Å². The zero-order valence-corrected chi connectivity index (χ0v) is 13.6. The molecule has 0 aromatic carbocycles. The van der Waals surface area contributed by atoms with E-state index in [2.05, 4.69) is 15.7 Å². The number of piperidine rings is 1. The highest BCUT2D eigenvalue weighted by Gasteiger charge is 2.31. The van der Waals surface area contributed by atoms with E-state index in [1.807, 2.05) is 0 Å². The van der Waals surface area contributed by atoms with Gasteiger partial charge in [0, 0.05) is 17.2 Å². The number of hydrogen-bond acceptors (Lipinski definition) is 3. The average Bonchev–Trinajstić information content (AvgIpc) is 2.72. The van der Waals surface area contributed by atoms with Crippen LogP contribution in [0.5, 0.6) is 0 Å². The van der Waals surface area contributed by atoms with Crippen molar-refractivity contribution >= 4 is 5.91 Å². The summed E-state index contributed by atoms with van der Waals surface area (Å²) >= 11 is 0. The van der Waals surface area contributed by atoms with Gasteiger partial charge in [-0.15, -0.1) is 0 Å². The van der Waals surface area contributed by atoms with Crippen LogP contribution in [0, 0.1) is 19.8 Å². The second-order valence-electron chi connectivity index (χ2n) is 6.11. The Balaban J connectivity index is 2.09. The Morgan fingerprint density at radius 1 is 1.39 bits per heavy atom. The molecule has 1 amide bonds. The maximum atomic E-state index is 12.6. The van der Waals surface area contributed by atoms with Gasteiger partial charge in [-0.1, -0.05) is 0 Å². The largest absolute Gasteiger partial charge is 0.408 e. The van der Waals surface area contributed by atoms with Crippen molar-refractivity contribution in [1.29, 1.82) is 0 Å². The summed E-state index contributed by atoms with van der Waals surface area (Å²) in [5.41, 5.74) is 1.62. The lowest BCUT2D eigenvalue weighted by atomic mass is 9.96. The van der Waals surface area contributed by atoms with Crippen molar-refractivity contribution in [2.75, 3.05) is 13.1 Å². The molecule has 0 bridgehead atoms. The second kappa shape index (κ2) is 6.90. The van der Waals surface area contributed by atoms with E-state index in [4.69, 9.17) is 0 Å². The first-order valence-electron chi connectivity index (χ1n) is 7.81. The molecule has 1 aliphatic rings. The molecule has 130 valence electrons. The maximum absolute atomic E-state index is 12.6. The number of halogens is 3. The Bertz CT molecular complexity index is 562. The lowest BCUT2D eigenvalue weighted by Crippen LogP contribution is -2.39. The Hall–Kier alpha value is -1.57. The van der Waals surface area contributed by atoms with Crippen LogP contribution in [-0.4, -0.2) is 35.0 Å². The number of aromatic nitrogens is 2. The molecule has 1 atom stereocenters. The molecule has 0 spiro atoms. The minimum Gasteiger partial charge on any atom is -0.349 e. The van der Waals surface area contributed by atoms with Crippen LogP contribution < -0.4 is 10.6 Å². The molecule has 5 nitrogen and oxygen atoms in total. The molecule has 8 heteroatoms. The maximum Gasteiger partial charge on any atom is 0.408 e. The van der Waals surface area contributed by atoms with Gasteiger partial charge in [-0.25, -0.2) is 0 Å². The Labute approximate surface area is 133 Å². The number of carbonyl (C=O) groups is 1. The zero-order chi connectivity index (χ0) is 17.2. The second-order valence-corrected chi connectivity index (χ2v) is 6.11. The number of rotatable bonds is 4. The highest BCUT2D eigenvalue weighted by molar-refractivity contribution is 5.79. The molecule has 1 aliphatic heterocycles. The molecule has 1 unspecified atom stereocenters. The SMILES string of the molecule is Cc1nn(CC(F)(F)F)c(C)c1C(C)NC(=O)C1CCNCC1. The first kappa shape index (κ1) is 17.8. The number of nitrogens with zero attached hydrogens (tertiary/aromatic N) is 2. The third-order valence-electron chi connectivity index (χ3n) is 4.27. The number of hydrogen-bond donors (Lipinski definition) is 2. The Morgan fingerprint density at radius 2 is 2.00 bits per heavy atom. The van der Waals surface area contributed by atoms with Crippen LogP contribution >= 0.6 is 0 Å². The van der Waals surface area contributed by atoms with Crippen LogP contribution in [0.1, 0.15) is 42.8 Å². The summed E-state index contributed by atoms with van der Waals surface area (Å²) in [5.74, 6) is -0.0779. The number of alkyl halides is 3. The topological polar surface area (TPSA) is 59.0 Å². The molecular weight excluding hydrogens is 309 g/mol. The summed E-state index contributed by atoms with van der Waals surface area (Å²) in [6.07, 6.45) is -2.75. The lowest BCUT2D eigenvalue weighted by molar-refractivity contribution is -0.143. The van der Waals surface area contributed by atoms with Gasteiger partial charge in [0.1, 0.15) is 6.54 Å². The summed E-state index contributed by atoms with van der Waals surface area (Å²) in [5, 5.41) is 10.1. The molecule has 2 N–H and O–H groups in total. The van der Waals surface area contributed by atoms with E-state index < -0.39 is 12.7 Å². The normalized spacial score (nSPS) is 18.0. The van der Waals surface area contributed by atoms with Gasteiger partial charge in [-0.3, -0.25) is 9.48 Å². The van der Waals surface area contributed by atoms with E-state index in [9.17, 15) is 18.0 Å². The molecule has 2 rings (SSSR count). The predicted molar refractivity (Wildman–Crippen MR) is 79.9 cm³/mol. The fraction of sp³-hybridized carbons (Fsp3) is 0.733. The summed E-state index contributed by atoms with van der Waals surface area (Å²) in [4.78, 5) is 12.3. The summed E-state index contributed by atoms with van der Waals surface area (Å²) in [6, 6.07) is -0.362. The van der Waals surface area contributed by atoms with Crippen LogP contribution in [0.25, 0.3) is 0 Å². The van der Waals surface area contributed by atoms with Gasteiger partial charge in [-0.05, 0) is 46.7 Å². The zero-order valence-electron chi connectivity index (χ0n) is 13.6. The molecule has 1 aromatic rings. The first-order valence-corrected chi connectivity index (χ1v) is 7.81. The molecule has 23 heavy (non-hydrogen) atoms. The quantitative estimate of drug-likeness (QED) is 0.889. The lowest BCUT2D eigenvalue weighted by Gasteiger charge is -2.24. The summed E-state index contributed by atoms with van der Waals surface area (Å²) < 4.78 is 38.7. The fourth-order valence-corrected chi connectivity index (χ4v) is 3.15. The van der Waals surface area contributed by atoms with E-state index in [-0.39, 0.29) is 17.9 Å². The van der Waals surface area contributed by atoms with Crippen LogP contribution in [0.2, 0.25) is 0 Å². The van der Waals surface area contributed by atoms with Crippen LogP contribution in [-0.2, 0) is 11.3 Å². The standard InChI is InChI=1S/C15H23F3N4O/c1-9(20-14(23)12-4-6-19-7-5-12)13-10(2)21-22(11(13)3)8-15(16,17)18/h9,12,19H,4-8H2,1-3H3,(H,20,23). The molecule has 1 aromatic heterocycles. The van der Waals surface area contributed by atoms with E-state index >= 15 is 0 Å². The van der Waals surface area contributed by atoms with Gasteiger partial charge in [0.25, 0.3) is 0 Å². The summed E-state index contributed by atoms with van der Waals surface area (Å²) in [7, 11) is 0. The van der Waals surface area contributed by atoms with E-state index in [0.29, 0.717) is 17.0 Å². The average molecular weight is 332 g/mol. The number of nitrogens with one attached hydrogen (secondary N) is 2. The fourth-order valence-electron chi connectivity index (χ4n) is 3.15. The Kier molecular flexibility index (Phi) is 5.33. The molecular formula is C15H23F3N4O. The van der Waals surface area contributed by atoms with Crippen molar-refractivity contribution in [2.24, 2.45) is 5.92 Å². The van der Waals surface area contributed by atoms with Crippen LogP contribution in [0.4, 0.5) is 13.2 Å². The third kappa shape index (κ3) is 4.46. The smallest absolute Gasteiger partial charge is 0.349 e. The van der Waals surface area contributed by atoms with Crippen LogP contribution in [0.3, 0.4) is 0 Å². The molecule has 2 heterocycles. The number of aryl methyl sites for hydroxylation is 1. The van der Waals surface area contributed by atoms with E-state index in [1.165, 1.54) is 0 Å². The minimum absolute atomic E-state index is 0.0375. The Morgan fingerprint density at radius 3 is 2.57 bits per heavy atom. The first-order chi connectivity index (χ1) is 10.7. The monoisotopic (exact) mass is 332 g/mol. The van der Waals surface area contributed by atoms with Crippen molar-refractivity contribution < 1.29 is 18.0 Å². The van der Waals surface area contributed by atoms with Crippen molar-refractivity contribution in [3.8, 4) is 0 Å². The summed E-state index contributed by atoms with van der Waals surface area (Å²) in [6.45, 7) is 5.57. The highest BCUT2D eigenvalue weighted by atomic mass is 19.4. The van der Waals surface area contributed by atoms with Crippen molar-refractivity contribution in [2.45, 2.75) is 52.4 Å². The molecule has 0 saturated carbocycles. The highest BCUT2D eigenvalue weighted by Crippen LogP contribution is 2.25.